The van der Waals surface area contributed by atoms with Crippen molar-refractivity contribution in [1.82, 2.24) is 0 Å². The molecule has 2 rings (SSSR count). The van der Waals surface area contributed by atoms with Crippen LogP contribution in [0, 0.1) is 11.6 Å². The quantitative estimate of drug-likeness (QED) is 0.798. The SMILES string of the molecule is O=C(O)c1cc(F)c(NCCCc2ccccc2)c(F)c1. The Hall–Kier alpha value is -2.43. The molecular formula is C16H15F2NO2. The summed E-state index contributed by atoms with van der Waals surface area (Å²) in [4.78, 5) is 10.7. The van der Waals surface area contributed by atoms with Gasteiger partial charge in [0.2, 0.25) is 0 Å². The summed E-state index contributed by atoms with van der Waals surface area (Å²) in [7, 11) is 0. The Balaban J connectivity index is 1.93. The Labute approximate surface area is 121 Å². The van der Waals surface area contributed by atoms with E-state index in [0.29, 0.717) is 13.0 Å². The maximum atomic E-state index is 13.7. The standard InChI is InChI=1S/C16H15F2NO2/c17-13-9-12(16(20)21)10-14(18)15(13)19-8-4-7-11-5-2-1-3-6-11/h1-3,5-6,9-10,19H,4,7-8H2,(H,20,21). The molecule has 0 aliphatic carbocycles. The molecule has 2 aromatic rings. The molecule has 2 N–H and O–H groups in total. The number of anilines is 1. The van der Waals surface area contributed by atoms with Crippen LogP contribution in [0.25, 0.3) is 0 Å². The highest BCUT2D eigenvalue weighted by Gasteiger charge is 2.14. The van der Waals surface area contributed by atoms with Crippen molar-refractivity contribution >= 4 is 11.7 Å². The molecule has 21 heavy (non-hydrogen) atoms. The van der Waals surface area contributed by atoms with Crippen molar-refractivity contribution in [2.75, 3.05) is 11.9 Å². The van der Waals surface area contributed by atoms with Gasteiger partial charge in [-0.05, 0) is 30.5 Å². The third-order valence-corrected chi connectivity index (χ3v) is 3.08. The predicted octanol–water partition coefficient (Wildman–Crippen LogP) is 3.71. The van der Waals surface area contributed by atoms with Crippen molar-refractivity contribution in [3.05, 3.63) is 65.2 Å². The predicted molar refractivity (Wildman–Crippen MR) is 76.6 cm³/mol. The molecule has 0 aromatic heterocycles. The van der Waals surface area contributed by atoms with Crippen LogP contribution in [0.2, 0.25) is 0 Å². The number of aromatic carboxylic acids is 1. The summed E-state index contributed by atoms with van der Waals surface area (Å²) in [5.74, 6) is -3.15. The van der Waals surface area contributed by atoms with E-state index in [1.54, 1.807) is 0 Å². The van der Waals surface area contributed by atoms with Gasteiger partial charge in [-0.3, -0.25) is 0 Å². The van der Waals surface area contributed by atoms with E-state index in [1.807, 2.05) is 30.3 Å². The Morgan fingerprint density at radius 3 is 2.29 bits per heavy atom. The third-order valence-electron chi connectivity index (χ3n) is 3.08. The molecule has 110 valence electrons. The summed E-state index contributed by atoms with van der Waals surface area (Å²) in [6.07, 6.45) is 1.51. The van der Waals surface area contributed by atoms with Gasteiger partial charge in [-0.1, -0.05) is 30.3 Å². The molecule has 0 heterocycles. The van der Waals surface area contributed by atoms with Crippen LogP contribution in [-0.2, 0) is 6.42 Å². The van der Waals surface area contributed by atoms with E-state index in [0.717, 1.165) is 24.1 Å². The minimum Gasteiger partial charge on any atom is -0.478 e. The summed E-state index contributed by atoms with van der Waals surface area (Å²) < 4.78 is 27.3. The lowest BCUT2D eigenvalue weighted by atomic mass is 10.1. The molecule has 0 saturated carbocycles. The molecule has 5 heteroatoms. The lowest BCUT2D eigenvalue weighted by Crippen LogP contribution is -2.08. The van der Waals surface area contributed by atoms with Crippen molar-refractivity contribution in [3.8, 4) is 0 Å². The minimum atomic E-state index is -1.36. The maximum Gasteiger partial charge on any atom is 0.335 e. The number of hydrogen-bond acceptors (Lipinski definition) is 2. The number of aryl methyl sites for hydroxylation is 1. The van der Waals surface area contributed by atoms with Gasteiger partial charge in [-0.2, -0.15) is 0 Å². The zero-order valence-corrected chi connectivity index (χ0v) is 11.3. The summed E-state index contributed by atoms with van der Waals surface area (Å²) >= 11 is 0. The number of nitrogens with one attached hydrogen (secondary N) is 1. The zero-order chi connectivity index (χ0) is 15.2. The summed E-state index contributed by atoms with van der Waals surface area (Å²) in [5, 5.41) is 11.4. The van der Waals surface area contributed by atoms with Crippen LogP contribution >= 0.6 is 0 Å². The van der Waals surface area contributed by atoms with Crippen LogP contribution in [0.1, 0.15) is 22.3 Å². The van der Waals surface area contributed by atoms with E-state index < -0.39 is 23.2 Å². The van der Waals surface area contributed by atoms with Gasteiger partial charge in [0, 0.05) is 6.54 Å². The van der Waals surface area contributed by atoms with E-state index >= 15 is 0 Å². The fourth-order valence-electron chi connectivity index (χ4n) is 2.02. The normalized spacial score (nSPS) is 10.4. The Morgan fingerprint density at radius 1 is 1.10 bits per heavy atom. The second-order valence-corrected chi connectivity index (χ2v) is 4.64. The number of halogens is 2. The van der Waals surface area contributed by atoms with E-state index in [1.165, 1.54) is 0 Å². The van der Waals surface area contributed by atoms with Gasteiger partial charge < -0.3 is 10.4 Å². The van der Waals surface area contributed by atoms with Crippen LogP contribution in [0.5, 0.6) is 0 Å². The average molecular weight is 291 g/mol. The maximum absolute atomic E-state index is 13.7. The van der Waals surface area contributed by atoms with Crippen molar-refractivity contribution in [2.45, 2.75) is 12.8 Å². The number of carbonyl (C=O) groups is 1. The average Bonchev–Trinajstić information content (AvgIpc) is 2.46. The molecule has 0 bridgehead atoms. The lowest BCUT2D eigenvalue weighted by Gasteiger charge is -2.09. The van der Waals surface area contributed by atoms with Crippen molar-refractivity contribution < 1.29 is 18.7 Å². The fraction of sp³-hybridized carbons (Fsp3) is 0.188. The number of hydrogen-bond donors (Lipinski definition) is 2. The van der Waals surface area contributed by atoms with Gasteiger partial charge in [0.1, 0.15) is 17.3 Å². The molecular weight excluding hydrogens is 276 g/mol. The van der Waals surface area contributed by atoms with Gasteiger partial charge >= 0.3 is 5.97 Å². The third kappa shape index (κ3) is 4.02. The molecule has 3 nitrogen and oxygen atoms in total. The first-order chi connectivity index (χ1) is 10.1. The Morgan fingerprint density at radius 2 is 1.71 bits per heavy atom. The van der Waals surface area contributed by atoms with Crippen molar-refractivity contribution in [2.24, 2.45) is 0 Å². The molecule has 0 saturated heterocycles. The smallest absolute Gasteiger partial charge is 0.335 e. The highest BCUT2D eigenvalue weighted by Crippen LogP contribution is 2.21. The topological polar surface area (TPSA) is 49.3 Å². The van der Waals surface area contributed by atoms with E-state index in [9.17, 15) is 13.6 Å². The minimum absolute atomic E-state index is 0.284. The van der Waals surface area contributed by atoms with Gasteiger partial charge in [-0.15, -0.1) is 0 Å². The van der Waals surface area contributed by atoms with Crippen LogP contribution in [0.3, 0.4) is 0 Å². The Kier molecular flexibility index (Phi) is 4.87. The summed E-state index contributed by atoms with van der Waals surface area (Å²) in [6, 6.07) is 11.4. The van der Waals surface area contributed by atoms with Gasteiger partial charge in [0.05, 0.1) is 5.56 Å². The number of carboxylic acids is 1. The van der Waals surface area contributed by atoms with Crippen LogP contribution in [0.15, 0.2) is 42.5 Å². The van der Waals surface area contributed by atoms with Gasteiger partial charge in [0.15, 0.2) is 0 Å². The van der Waals surface area contributed by atoms with Crippen LogP contribution in [-0.4, -0.2) is 17.6 Å². The highest BCUT2D eigenvalue weighted by molar-refractivity contribution is 5.88. The molecule has 0 amide bonds. The van der Waals surface area contributed by atoms with Crippen molar-refractivity contribution in [3.63, 3.8) is 0 Å². The van der Waals surface area contributed by atoms with Gasteiger partial charge in [0.25, 0.3) is 0 Å². The number of carboxylic acid groups (broad SMARTS) is 1. The summed E-state index contributed by atoms with van der Waals surface area (Å²) in [5.41, 5.74) is 0.467. The fourth-order valence-corrected chi connectivity index (χ4v) is 2.02. The molecule has 0 fully saturated rings. The summed E-state index contributed by atoms with van der Waals surface area (Å²) in [6.45, 7) is 0.398. The monoisotopic (exact) mass is 291 g/mol. The van der Waals surface area contributed by atoms with Crippen LogP contribution < -0.4 is 5.32 Å². The van der Waals surface area contributed by atoms with Gasteiger partial charge in [-0.25, -0.2) is 13.6 Å². The lowest BCUT2D eigenvalue weighted by molar-refractivity contribution is 0.0696. The largest absolute Gasteiger partial charge is 0.478 e. The van der Waals surface area contributed by atoms with E-state index in [4.69, 9.17) is 5.11 Å². The van der Waals surface area contributed by atoms with Crippen molar-refractivity contribution in [1.29, 1.82) is 0 Å². The molecule has 0 unspecified atom stereocenters. The van der Waals surface area contributed by atoms with Crippen LogP contribution in [0.4, 0.5) is 14.5 Å². The molecule has 2 aromatic carbocycles. The molecule has 0 aliphatic heterocycles. The number of benzene rings is 2. The molecule has 0 spiro atoms. The highest BCUT2D eigenvalue weighted by atomic mass is 19.1. The number of rotatable bonds is 6. The van der Waals surface area contributed by atoms with E-state index in [2.05, 4.69) is 5.32 Å². The zero-order valence-electron chi connectivity index (χ0n) is 11.3. The first-order valence-electron chi connectivity index (χ1n) is 6.58. The second kappa shape index (κ2) is 6.83. The van der Waals surface area contributed by atoms with E-state index in [-0.39, 0.29) is 5.69 Å². The Bertz CT molecular complexity index is 606. The molecule has 0 aliphatic rings. The first-order valence-corrected chi connectivity index (χ1v) is 6.58. The first kappa shape index (κ1) is 15.0. The molecule has 0 radical (unpaired) electrons. The molecule has 0 atom stereocenters. The second-order valence-electron chi connectivity index (χ2n) is 4.64.